The van der Waals surface area contributed by atoms with Crippen molar-refractivity contribution < 1.29 is 22.7 Å². The van der Waals surface area contributed by atoms with E-state index in [1.165, 1.54) is 19.2 Å². The highest BCUT2D eigenvalue weighted by atomic mass is 32.2. The zero-order valence-electron chi connectivity index (χ0n) is 16.7. The first-order chi connectivity index (χ1) is 14.4. The Bertz CT molecular complexity index is 1210. The smallest absolute Gasteiger partial charge is 0.243 e. The molecule has 0 radical (unpaired) electrons. The van der Waals surface area contributed by atoms with Crippen molar-refractivity contribution in [1.29, 1.82) is 0 Å². The van der Waals surface area contributed by atoms with Gasteiger partial charge >= 0.3 is 0 Å². The molecule has 1 aromatic heterocycles. The first-order valence-corrected chi connectivity index (χ1v) is 10.9. The second-order valence-electron chi connectivity index (χ2n) is 6.87. The summed E-state index contributed by atoms with van der Waals surface area (Å²) in [6.45, 7) is 3.18. The van der Waals surface area contributed by atoms with Crippen molar-refractivity contribution in [2.24, 2.45) is 0 Å². The number of hydrogen-bond donors (Lipinski definition) is 1. The highest BCUT2D eigenvalue weighted by Gasteiger charge is 2.25. The van der Waals surface area contributed by atoms with Crippen LogP contribution < -0.4 is 14.8 Å². The van der Waals surface area contributed by atoms with Gasteiger partial charge in [0.1, 0.15) is 13.2 Å². The van der Waals surface area contributed by atoms with Gasteiger partial charge in [0.25, 0.3) is 0 Å². The first-order valence-electron chi connectivity index (χ1n) is 9.50. The molecule has 2 heterocycles. The third-order valence-electron chi connectivity index (χ3n) is 4.75. The maximum atomic E-state index is 12.9. The van der Waals surface area contributed by atoms with E-state index in [1.54, 1.807) is 18.2 Å². The summed E-state index contributed by atoms with van der Waals surface area (Å²) in [5, 5.41) is 8.10. The van der Waals surface area contributed by atoms with Gasteiger partial charge in [-0.15, -0.1) is 0 Å². The zero-order valence-corrected chi connectivity index (χ0v) is 17.5. The fourth-order valence-corrected chi connectivity index (χ4v) is 4.30. The number of carbonyl (C=O) groups excluding carboxylic acids is 1. The van der Waals surface area contributed by atoms with Crippen LogP contribution in [0.3, 0.4) is 0 Å². The Labute approximate surface area is 174 Å². The molecule has 1 amide bonds. The van der Waals surface area contributed by atoms with E-state index in [2.05, 4.69) is 10.4 Å². The minimum Gasteiger partial charge on any atom is -0.486 e. The fraction of sp³-hybridized carbons (Fsp3) is 0.300. The molecule has 1 N–H and O–H groups in total. The molecule has 30 heavy (non-hydrogen) atoms. The minimum atomic E-state index is -3.87. The molecule has 0 saturated heterocycles. The topological polar surface area (TPSA) is 103 Å². The van der Waals surface area contributed by atoms with Gasteiger partial charge in [0.05, 0.1) is 17.0 Å². The largest absolute Gasteiger partial charge is 0.486 e. The van der Waals surface area contributed by atoms with Crippen molar-refractivity contribution in [2.75, 3.05) is 32.1 Å². The van der Waals surface area contributed by atoms with Crippen LogP contribution in [0.5, 0.6) is 11.5 Å². The fourth-order valence-electron chi connectivity index (χ4n) is 3.16. The van der Waals surface area contributed by atoms with Crippen LogP contribution in [0.25, 0.3) is 10.9 Å². The van der Waals surface area contributed by atoms with E-state index in [4.69, 9.17) is 9.47 Å². The lowest BCUT2D eigenvalue weighted by molar-refractivity contribution is -0.116. The van der Waals surface area contributed by atoms with E-state index in [9.17, 15) is 13.2 Å². The Hall–Kier alpha value is -3.11. The van der Waals surface area contributed by atoms with Gasteiger partial charge in [-0.25, -0.2) is 8.42 Å². The molecule has 1 aliphatic heterocycles. The number of carbonyl (C=O) groups is 1. The zero-order chi connectivity index (χ0) is 21.3. The summed E-state index contributed by atoms with van der Waals surface area (Å²) >= 11 is 0. The molecule has 0 bridgehead atoms. The van der Waals surface area contributed by atoms with Gasteiger partial charge in [-0.05, 0) is 37.3 Å². The molecule has 0 saturated carbocycles. The normalized spacial score (nSPS) is 13.6. The van der Waals surface area contributed by atoms with E-state index in [0.717, 1.165) is 21.8 Å². The molecule has 0 aliphatic carbocycles. The average Bonchev–Trinajstić information content (AvgIpc) is 3.15. The first kappa shape index (κ1) is 20.2. The minimum absolute atomic E-state index is 0.0357. The summed E-state index contributed by atoms with van der Waals surface area (Å²) < 4.78 is 39.4. The van der Waals surface area contributed by atoms with Crippen molar-refractivity contribution in [3.8, 4) is 11.5 Å². The predicted octanol–water partition coefficient (Wildman–Crippen LogP) is 2.09. The van der Waals surface area contributed by atoms with Gasteiger partial charge in [-0.3, -0.25) is 9.48 Å². The molecule has 3 aromatic rings. The Morgan fingerprint density at radius 2 is 1.93 bits per heavy atom. The quantitative estimate of drug-likeness (QED) is 0.642. The average molecular weight is 430 g/mol. The summed E-state index contributed by atoms with van der Waals surface area (Å²) in [6.07, 6.45) is 1.93. The maximum Gasteiger partial charge on any atom is 0.243 e. The van der Waals surface area contributed by atoms with Gasteiger partial charge < -0.3 is 14.8 Å². The van der Waals surface area contributed by atoms with Gasteiger partial charge in [0.2, 0.25) is 15.9 Å². The Morgan fingerprint density at radius 3 is 2.70 bits per heavy atom. The molecule has 2 aromatic carbocycles. The molecule has 0 spiro atoms. The van der Waals surface area contributed by atoms with Crippen molar-refractivity contribution in [2.45, 2.75) is 18.4 Å². The third kappa shape index (κ3) is 3.96. The summed E-state index contributed by atoms with van der Waals surface area (Å²) in [5.41, 5.74) is 1.31. The number of aromatic nitrogens is 2. The highest BCUT2D eigenvalue weighted by molar-refractivity contribution is 7.89. The number of ether oxygens (including phenoxy) is 2. The summed E-state index contributed by atoms with van der Waals surface area (Å²) in [4.78, 5) is 12.5. The van der Waals surface area contributed by atoms with Gasteiger partial charge in [0.15, 0.2) is 11.5 Å². The molecule has 1 aliphatic rings. The third-order valence-corrected chi connectivity index (χ3v) is 6.55. The summed E-state index contributed by atoms with van der Waals surface area (Å²) in [5.74, 6) is 0.425. The number of nitrogens with one attached hydrogen (secondary N) is 1. The lowest BCUT2D eigenvalue weighted by Gasteiger charge is -2.21. The van der Waals surface area contributed by atoms with Crippen LogP contribution in [0.2, 0.25) is 0 Å². The molecular formula is C20H22N4O5S. The predicted molar refractivity (Wildman–Crippen MR) is 111 cm³/mol. The van der Waals surface area contributed by atoms with Gasteiger partial charge in [-0.2, -0.15) is 9.40 Å². The standard InChI is InChI=1S/C20H22N4O5S/c1-3-24-12-14-4-5-15(10-17(14)22-24)21-20(25)13-23(2)30(26,27)16-6-7-18-19(11-16)29-9-8-28-18/h4-7,10-12H,3,8-9,13H2,1-2H3,(H,21,25). The number of amides is 1. The van der Waals surface area contributed by atoms with Crippen molar-refractivity contribution in [3.05, 3.63) is 42.6 Å². The van der Waals surface area contributed by atoms with Crippen molar-refractivity contribution >= 4 is 32.5 Å². The van der Waals surface area contributed by atoms with Crippen molar-refractivity contribution in [3.63, 3.8) is 0 Å². The van der Waals surface area contributed by atoms with Gasteiger partial charge in [-0.1, -0.05) is 0 Å². The number of hydrogen-bond acceptors (Lipinski definition) is 6. The molecule has 0 fully saturated rings. The lowest BCUT2D eigenvalue weighted by Crippen LogP contribution is -2.35. The van der Waals surface area contributed by atoms with E-state index < -0.39 is 15.9 Å². The van der Waals surface area contributed by atoms with E-state index in [1.807, 2.05) is 23.9 Å². The number of benzene rings is 2. The van der Waals surface area contributed by atoms with Crippen LogP contribution in [0.15, 0.2) is 47.5 Å². The molecule has 158 valence electrons. The second kappa shape index (κ2) is 7.96. The summed E-state index contributed by atoms with van der Waals surface area (Å²) in [7, 11) is -2.51. The molecule has 10 heteroatoms. The number of fused-ring (bicyclic) bond motifs is 2. The number of aryl methyl sites for hydroxylation is 1. The van der Waals surface area contributed by atoms with Crippen LogP contribution in [-0.2, 0) is 21.4 Å². The number of nitrogens with zero attached hydrogens (tertiary/aromatic N) is 3. The number of rotatable bonds is 6. The van der Waals surface area contributed by atoms with E-state index in [0.29, 0.717) is 30.4 Å². The number of likely N-dealkylation sites (N-methyl/N-ethyl adjacent to an activating group) is 1. The van der Waals surface area contributed by atoms with Crippen molar-refractivity contribution in [1.82, 2.24) is 14.1 Å². The molecule has 9 nitrogen and oxygen atoms in total. The lowest BCUT2D eigenvalue weighted by atomic mass is 10.2. The SMILES string of the molecule is CCn1cc2ccc(NC(=O)CN(C)S(=O)(=O)c3ccc4c(c3)OCCO4)cc2n1. The highest BCUT2D eigenvalue weighted by Crippen LogP contribution is 2.33. The molecule has 0 atom stereocenters. The second-order valence-corrected chi connectivity index (χ2v) is 8.92. The number of anilines is 1. The summed E-state index contributed by atoms with van der Waals surface area (Å²) in [6, 6.07) is 9.79. The molecular weight excluding hydrogens is 408 g/mol. The molecule has 0 unspecified atom stereocenters. The van der Waals surface area contributed by atoms with Gasteiger partial charge in [0, 0.05) is 36.9 Å². The Kier molecular flexibility index (Phi) is 5.35. The Balaban J connectivity index is 1.46. The van der Waals surface area contributed by atoms with Crippen LogP contribution >= 0.6 is 0 Å². The monoisotopic (exact) mass is 430 g/mol. The van der Waals surface area contributed by atoms with Crippen LogP contribution in [0.4, 0.5) is 5.69 Å². The van der Waals surface area contributed by atoms with E-state index >= 15 is 0 Å². The van der Waals surface area contributed by atoms with Crippen LogP contribution in [0, 0.1) is 0 Å². The maximum absolute atomic E-state index is 12.9. The van der Waals surface area contributed by atoms with Crippen LogP contribution in [-0.4, -0.2) is 55.2 Å². The van der Waals surface area contributed by atoms with E-state index in [-0.39, 0.29) is 11.4 Å². The van der Waals surface area contributed by atoms with Crippen LogP contribution in [0.1, 0.15) is 6.92 Å². The number of sulfonamides is 1. The Morgan fingerprint density at radius 1 is 1.17 bits per heavy atom. The molecule has 4 rings (SSSR count).